The first kappa shape index (κ1) is 31.3. The molecule has 2 heterocycles. The molecule has 0 radical (unpaired) electrons. The van der Waals surface area contributed by atoms with E-state index in [0.717, 1.165) is 30.7 Å². The van der Waals surface area contributed by atoms with E-state index in [2.05, 4.69) is 73.3 Å². The number of carbonyl (C=O) groups excluding carboxylic acids is 1. The lowest BCUT2D eigenvalue weighted by molar-refractivity contribution is -0.157. The zero-order valence-corrected chi connectivity index (χ0v) is 27.7. The SMILES string of the molecule is CN(c1nc(N(C)C2CCCCC2)nc(N(CN2CC(C)(C)N(C)C(C)(C)C2=O)C2CCCCC2)n1)C1CCCCC1. The molecule has 5 rings (SSSR count). The number of carbonyl (C=O) groups is 1. The van der Waals surface area contributed by atoms with Crippen LogP contribution in [0, 0.1) is 0 Å². The van der Waals surface area contributed by atoms with Gasteiger partial charge in [-0.1, -0.05) is 57.8 Å². The first-order valence-electron chi connectivity index (χ1n) is 17.0. The highest BCUT2D eigenvalue weighted by molar-refractivity contribution is 5.86. The molecule has 0 N–H and O–H groups in total. The minimum Gasteiger partial charge on any atom is -0.341 e. The summed E-state index contributed by atoms with van der Waals surface area (Å²) in [6.07, 6.45) is 18.4. The van der Waals surface area contributed by atoms with Crippen LogP contribution in [-0.4, -0.2) is 94.2 Å². The van der Waals surface area contributed by atoms with Crippen LogP contribution in [0.15, 0.2) is 0 Å². The highest BCUT2D eigenvalue weighted by Gasteiger charge is 2.49. The summed E-state index contributed by atoms with van der Waals surface area (Å²) in [6.45, 7) is 9.82. The van der Waals surface area contributed by atoms with Crippen LogP contribution in [0.5, 0.6) is 0 Å². The van der Waals surface area contributed by atoms with E-state index < -0.39 is 5.54 Å². The van der Waals surface area contributed by atoms with E-state index in [1.807, 2.05) is 0 Å². The number of anilines is 3. The van der Waals surface area contributed by atoms with Crippen molar-refractivity contribution in [2.24, 2.45) is 0 Å². The lowest BCUT2D eigenvalue weighted by atomic mass is 9.88. The van der Waals surface area contributed by atoms with Crippen molar-refractivity contribution in [3.8, 4) is 0 Å². The van der Waals surface area contributed by atoms with Crippen LogP contribution in [0.3, 0.4) is 0 Å². The predicted molar refractivity (Wildman–Crippen MR) is 172 cm³/mol. The van der Waals surface area contributed by atoms with Crippen LogP contribution in [0.4, 0.5) is 17.8 Å². The third kappa shape index (κ3) is 6.51. The van der Waals surface area contributed by atoms with Crippen molar-refractivity contribution in [1.82, 2.24) is 24.8 Å². The number of piperazine rings is 1. The molecule has 3 saturated carbocycles. The van der Waals surface area contributed by atoms with Crippen LogP contribution in [-0.2, 0) is 4.79 Å². The molecule has 0 unspecified atom stereocenters. The summed E-state index contributed by atoms with van der Waals surface area (Å²) in [5, 5.41) is 0. The van der Waals surface area contributed by atoms with Crippen LogP contribution in [0.2, 0.25) is 0 Å². The Balaban J connectivity index is 1.53. The van der Waals surface area contributed by atoms with Gasteiger partial charge < -0.3 is 19.6 Å². The van der Waals surface area contributed by atoms with E-state index >= 15 is 0 Å². The monoisotopic (exact) mass is 582 g/mol. The number of likely N-dealkylation sites (N-methyl/N-ethyl adjacent to an activating group) is 1. The Morgan fingerprint density at radius 1 is 0.667 bits per heavy atom. The summed E-state index contributed by atoms with van der Waals surface area (Å²) < 4.78 is 0. The Kier molecular flexibility index (Phi) is 9.55. The Hall–Kier alpha value is -2.16. The van der Waals surface area contributed by atoms with Gasteiger partial charge in [-0.05, 0) is 73.3 Å². The second-order valence-corrected chi connectivity index (χ2v) is 14.9. The number of rotatable bonds is 8. The summed E-state index contributed by atoms with van der Waals surface area (Å²) in [6, 6.07) is 1.25. The van der Waals surface area contributed by atoms with Gasteiger partial charge in [0.05, 0.1) is 12.2 Å². The van der Waals surface area contributed by atoms with Crippen molar-refractivity contribution >= 4 is 23.8 Å². The summed E-state index contributed by atoms with van der Waals surface area (Å²) in [7, 11) is 6.44. The van der Waals surface area contributed by atoms with E-state index in [0.29, 0.717) is 31.3 Å². The second-order valence-electron chi connectivity index (χ2n) is 14.9. The summed E-state index contributed by atoms with van der Waals surface area (Å²) in [4.78, 5) is 40.9. The fraction of sp³-hybridized carbons (Fsp3) is 0.879. The van der Waals surface area contributed by atoms with Gasteiger partial charge in [0.1, 0.15) is 0 Å². The molecule has 1 amide bonds. The molecule has 1 saturated heterocycles. The third-order valence-electron chi connectivity index (χ3n) is 11.2. The van der Waals surface area contributed by atoms with E-state index in [-0.39, 0.29) is 11.4 Å². The van der Waals surface area contributed by atoms with Crippen molar-refractivity contribution < 1.29 is 4.79 Å². The number of hydrogen-bond acceptors (Lipinski definition) is 8. The predicted octanol–water partition coefficient (Wildman–Crippen LogP) is 5.84. The van der Waals surface area contributed by atoms with Gasteiger partial charge >= 0.3 is 0 Å². The van der Waals surface area contributed by atoms with Crippen LogP contribution in [0.1, 0.15) is 124 Å². The normalized spacial score (nSPS) is 24.5. The second kappa shape index (κ2) is 12.8. The lowest BCUT2D eigenvalue weighted by Gasteiger charge is -2.54. The maximum absolute atomic E-state index is 13.9. The maximum atomic E-state index is 13.9. The standard InChI is InChI=1S/C33H58N8O/c1-32(2)23-40(28(42)33(3,4)39(32)7)24-41(27-21-15-10-16-22-27)31-35-29(37(5)25-17-11-8-12-18-25)34-30(36-31)38(6)26-19-13-9-14-20-26/h25-27H,8-24H2,1-7H3. The average molecular weight is 583 g/mol. The van der Waals surface area contributed by atoms with Crippen LogP contribution >= 0.6 is 0 Å². The van der Waals surface area contributed by atoms with E-state index in [1.54, 1.807) is 0 Å². The quantitative estimate of drug-likeness (QED) is 0.379. The number of hydrogen-bond donors (Lipinski definition) is 0. The molecule has 42 heavy (non-hydrogen) atoms. The molecule has 0 atom stereocenters. The number of nitrogens with zero attached hydrogens (tertiary/aromatic N) is 8. The smallest absolute Gasteiger partial charge is 0.244 e. The van der Waals surface area contributed by atoms with Crippen molar-refractivity contribution in [3.05, 3.63) is 0 Å². The molecular weight excluding hydrogens is 524 g/mol. The summed E-state index contributed by atoms with van der Waals surface area (Å²) in [5.41, 5.74) is -0.703. The third-order valence-corrected chi connectivity index (χ3v) is 11.2. The minimum absolute atomic E-state index is 0.131. The zero-order valence-electron chi connectivity index (χ0n) is 27.7. The molecule has 1 aromatic rings. The van der Waals surface area contributed by atoms with Gasteiger partial charge in [-0.15, -0.1) is 0 Å². The molecular formula is C33H58N8O. The van der Waals surface area contributed by atoms with Gasteiger partial charge in [-0.2, -0.15) is 15.0 Å². The van der Waals surface area contributed by atoms with Gasteiger partial charge in [-0.3, -0.25) is 9.69 Å². The molecule has 0 bridgehead atoms. The summed E-state index contributed by atoms with van der Waals surface area (Å²) in [5.74, 6) is 2.50. The van der Waals surface area contributed by atoms with Crippen molar-refractivity contribution in [3.63, 3.8) is 0 Å². The van der Waals surface area contributed by atoms with Gasteiger partial charge in [0.15, 0.2) is 0 Å². The van der Waals surface area contributed by atoms with Crippen molar-refractivity contribution in [2.75, 3.05) is 49.1 Å². The highest BCUT2D eigenvalue weighted by atomic mass is 16.2. The van der Waals surface area contributed by atoms with E-state index in [4.69, 9.17) is 15.0 Å². The summed E-state index contributed by atoms with van der Waals surface area (Å²) >= 11 is 0. The lowest BCUT2D eigenvalue weighted by Crippen LogP contribution is -2.71. The molecule has 0 aromatic carbocycles. The Morgan fingerprint density at radius 3 is 1.52 bits per heavy atom. The molecule has 4 fully saturated rings. The van der Waals surface area contributed by atoms with E-state index in [1.165, 1.54) is 83.5 Å². The van der Waals surface area contributed by atoms with Crippen LogP contribution in [0.25, 0.3) is 0 Å². The van der Waals surface area contributed by atoms with Gasteiger partial charge in [0.2, 0.25) is 23.8 Å². The fourth-order valence-corrected chi connectivity index (χ4v) is 8.02. The van der Waals surface area contributed by atoms with Crippen molar-refractivity contribution in [2.45, 2.75) is 153 Å². The molecule has 9 nitrogen and oxygen atoms in total. The number of amides is 1. The molecule has 4 aliphatic rings. The maximum Gasteiger partial charge on any atom is 0.244 e. The van der Waals surface area contributed by atoms with Crippen LogP contribution < -0.4 is 14.7 Å². The van der Waals surface area contributed by atoms with Gasteiger partial charge in [-0.25, -0.2) is 0 Å². The first-order valence-corrected chi connectivity index (χ1v) is 17.0. The first-order chi connectivity index (χ1) is 20.0. The molecule has 0 spiro atoms. The Labute approximate surface area is 255 Å². The fourth-order valence-electron chi connectivity index (χ4n) is 8.02. The van der Waals surface area contributed by atoms with E-state index in [9.17, 15) is 4.79 Å². The molecule has 9 heteroatoms. The molecule has 3 aliphatic carbocycles. The molecule has 1 aromatic heterocycles. The highest BCUT2D eigenvalue weighted by Crippen LogP contribution is 2.35. The Morgan fingerprint density at radius 2 is 1.07 bits per heavy atom. The molecule has 1 aliphatic heterocycles. The Bertz CT molecular complexity index is 1020. The largest absolute Gasteiger partial charge is 0.341 e. The minimum atomic E-state index is -0.572. The zero-order chi connectivity index (χ0) is 30.1. The van der Waals surface area contributed by atoms with Gasteiger partial charge in [0.25, 0.3) is 0 Å². The molecule has 236 valence electrons. The average Bonchev–Trinajstić information content (AvgIpc) is 3.01. The van der Waals surface area contributed by atoms with Crippen molar-refractivity contribution in [1.29, 1.82) is 0 Å². The van der Waals surface area contributed by atoms with Gasteiger partial charge in [0, 0.05) is 44.3 Å². The topological polar surface area (TPSA) is 71.9 Å². The number of aromatic nitrogens is 3.